The van der Waals surface area contributed by atoms with Crippen LogP contribution < -0.4 is 0 Å². The molecule has 0 amide bonds. The number of nitro groups is 1. The maximum atomic E-state index is 12.4. The number of hydrogen-bond donors (Lipinski definition) is 0. The zero-order valence-electron chi connectivity index (χ0n) is 7.29. The first-order valence-corrected chi connectivity index (χ1v) is 4.84. The van der Waals surface area contributed by atoms with Crippen molar-refractivity contribution < 1.29 is 18.5 Å². The topological polar surface area (TPSA) is 73.1 Å². The lowest BCUT2D eigenvalue weighted by Crippen LogP contribution is -2.04. The molecule has 0 radical (unpaired) electrons. The van der Waals surface area contributed by atoms with Crippen LogP contribution >= 0.6 is 27.5 Å². The SMILES string of the molecule is O=C(Cl)c1cc(C(F)F)c(Br)nc1[N+](=O)[O-]. The molecule has 5 nitrogen and oxygen atoms in total. The number of alkyl halides is 2. The van der Waals surface area contributed by atoms with E-state index in [2.05, 4.69) is 20.9 Å². The van der Waals surface area contributed by atoms with Crippen molar-refractivity contribution in [2.75, 3.05) is 0 Å². The second kappa shape index (κ2) is 4.79. The van der Waals surface area contributed by atoms with E-state index in [0.29, 0.717) is 6.07 Å². The van der Waals surface area contributed by atoms with Gasteiger partial charge in [0.2, 0.25) is 4.60 Å². The Bertz CT molecular complexity index is 469. The molecule has 86 valence electrons. The third-order valence-electron chi connectivity index (χ3n) is 1.60. The molecule has 0 N–H and O–H groups in total. The molecule has 1 heterocycles. The van der Waals surface area contributed by atoms with Crippen molar-refractivity contribution >= 4 is 38.6 Å². The fourth-order valence-corrected chi connectivity index (χ4v) is 1.53. The second-order valence-corrected chi connectivity index (χ2v) is 3.67. The van der Waals surface area contributed by atoms with Gasteiger partial charge in [0.1, 0.15) is 5.56 Å². The molecule has 0 spiro atoms. The zero-order valence-corrected chi connectivity index (χ0v) is 9.63. The van der Waals surface area contributed by atoms with Gasteiger partial charge in [-0.25, -0.2) is 8.78 Å². The number of pyridine rings is 1. The molecule has 0 fully saturated rings. The van der Waals surface area contributed by atoms with E-state index in [4.69, 9.17) is 11.6 Å². The first-order valence-electron chi connectivity index (χ1n) is 3.67. The van der Waals surface area contributed by atoms with Gasteiger partial charge in [-0.05, 0) is 27.6 Å². The van der Waals surface area contributed by atoms with E-state index in [1.165, 1.54) is 0 Å². The predicted molar refractivity (Wildman–Crippen MR) is 53.7 cm³/mol. The fraction of sp³-hybridized carbons (Fsp3) is 0.143. The summed E-state index contributed by atoms with van der Waals surface area (Å²) in [6.07, 6.45) is -2.92. The van der Waals surface area contributed by atoms with Crippen molar-refractivity contribution in [3.05, 3.63) is 31.9 Å². The van der Waals surface area contributed by atoms with Crippen molar-refractivity contribution in [1.29, 1.82) is 0 Å². The van der Waals surface area contributed by atoms with Gasteiger partial charge in [-0.3, -0.25) is 4.79 Å². The highest BCUT2D eigenvalue weighted by Gasteiger charge is 2.27. The highest BCUT2D eigenvalue weighted by Crippen LogP contribution is 2.31. The van der Waals surface area contributed by atoms with Crippen LogP contribution in [0.4, 0.5) is 14.6 Å². The molecule has 0 bridgehead atoms. The van der Waals surface area contributed by atoms with Crippen molar-refractivity contribution in [1.82, 2.24) is 4.98 Å². The van der Waals surface area contributed by atoms with Crippen LogP contribution in [0.25, 0.3) is 0 Å². The van der Waals surface area contributed by atoms with Crippen molar-refractivity contribution in [3.8, 4) is 0 Å². The van der Waals surface area contributed by atoms with Gasteiger partial charge in [0.05, 0.1) is 5.56 Å². The Kier molecular flexibility index (Phi) is 3.87. The average molecular weight is 315 g/mol. The maximum absolute atomic E-state index is 12.4. The molecule has 0 saturated heterocycles. The Morgan fingerprint density at radius 2 is 2.19 bits per heavy atom. The summed E-state index contributed by atoms with van der Waals surface area (Å²) < 4.78 is 24.4. The van der Waals surface area contributed by atoms with E-state index < -0.39 is 38.1 Å². The molecule has 0 aliphatic rings. The average Bonchev–Trinajstić information content (AvgIpc) is 2.15. The van der Waals surface area contributed by atoms with E-state index in [1.807, 2.05) is 0 Å². The summed E-state index contributed by atoms with van der Waals surface area (Å²) in [5.41, 5.74) is -1.29. The van der Waals surface area contributed by atoms with Crippen LogP contribution in [-0.2, 0) is 0 Å². The fourth-order valence-electron chi connectivity index (χ4n) is 0.934. The number of carbonyl (C=O) groups excluding carboxylic acids is 1. The van der Waals surface area contributed by atoms with Gasteiger partial charge in [0, 0.05) is 15.9 Å². The Morgan fingerprint density at radius 1 is 1.62 bits per heavy atom. The monoisotopic (exact) mass is 314 g/mol. The minimum atomic E-state index is -2.92. The molecule has 1 rings (SSSR count). The minimum absolute atomic E-state index is 0.393. The van der Waals surface area contributed by atoms with Crippen molar-refractivity contribution in [2.24, 2.45) is 0 Å². The molecule has 0 saturated carbocycles. The Balaban J connectivity index is 3.49. The second-order valence-electron chi connectivity index (χ2n) is 2.57. The number of halogens is 4. The third-order valence-corrected chi connectivity index (χ3v) is 2.44. The summed E-state index contributed by atoms with van der Waals surface area (Å²) in [7, 11) is 0. The minimum Gasteiger partial charge on any atom is -0.358 e. The van der Waals surface area contributed by atoms with Gasteiger partial charge in [-0.2, -0.15) is 0 Å². The van der Waals surface area contributed by atoms with Gasteiger partial charge >= 0.3 is 5.82 Å². The molecule has 0 atom stereocenters. The summed E-state index contributed by atoms with van der Waals surface area (Å²) >= 11 is 7.69. The lowest BCUT2D eigenvalue weighted by molar-refractivity contribution is -0.389. The molecule has 0 aliphatic carbocycles. The first kappa shape index (κ1) is 12.9. The molecule has 0 aromatic carbocycles. The maximum Gasteiger partial charge on any atom is 0.376 e. The highest BCUT2D eigenvalue weighted by atomic mass is 79.9. The number of rotatable bonds is 3. The summed E-state index contributed by atoms with van der Waals surface area (Å²) in [4.78, 5) is 23.6. The van der Waals surface area contributed by atoms with Gasteiger partial charge in [0.25, 0.3) is 11.7 Å². The van der Waals surface area contributed by atoms with Crippen LogP contribution in [-0.4, -0.2) is 15.1 Å². The largest absolute Gasteiger partial charge is 0.376 e. The van der Waals surface area contributed by atoms with Gasteiger partial charge in [0.15, 0.2) is 0 Å². The summed E-state index contributed by atoms with van der Waals surface area (Å²) in [6.45, 7) is 0. The molecule has 9 heteroatoms. The van der Waals surface area contributed by atoms with Crippen molar-refractivity contribution in [3.63, 3.8) is 0 Å². The molecule has 1 aromatic rings. The molecule has 1 aromatic heterocycles. The quantitative estimate of drug-likeness (QED) is 0.372. The van der Waals surface area contributed by atoms with Crippen LogP contribution in [0.1, 0.15) is 22.3 Å². The number of hydrogen-bond acceptors (Lipinski definition) is 4. The molecular weight excluding hydrogens is 313 g/mol. The van der Waals surface area contributed by atoms with Crippen LogP contribution in [0.3, 0.4) is 0 Å². The third kappa shape index (κ3) is 2.50. The van der Waals surface area contributed by atoms with Gasteiger partial charge in [-0.15, -0.1) is 0 Å². The Labute approximate surface area is 101 Å². The van der Waals surface area contributed by atoms with E-state index in [0.717, 1.165) is 0 Å². The molecule has 0 unspecified atom stereocenters. The summed E-state index contributed by atoms with van der Waals surface area (Å²) in [5.74, 6) is -0.865. The van der Waals surface area contributed by atoms with Crippen LogP contribution in [0.5, 0.6) is 0 Å². The summed E-state index contributed by atoms with van der Waals surface area (Å²) in [5, 5.41) is 9.27. The van der Waals surface area contributed by atoms with Crippen LogP contribution in [0, 0.1) is 10.1 Å². The molecule has 0 aliphatic heterocycles. The lowest BCUT2D eigenvalue weighted by Gasteiger charge is -2.02. The van der Waals surface area contributed by atoms with E-state index in [1.54, 1.807) is 0 Å². The first-order chi connectivity index (χ1) is 7.34. The van der Waals surface area contributed by atoms with E-state index >= 15 is 0 Å². The smallest absolute Gasteiger partial charge is 0.358 e. The molecular formula is C7H2BrClF2N2O3. The normalized spacial score (nSPS) is 10.6. The number of aromatic nitrogens is 1. The molecule has 16 heavy (non-hydrogen) atoms. The van der Waals surface area contributed by atoms with Gasteiger partial charge in [-0.1, -0.05) is 0 Å². The number of carbonyl (C=O) groups is 1. The standard InChI is InChI=1S/C7H2BrClF2N2O3/c8-4-2(6(10)11)1-3(5(9)14)7(12-4)13(15)16/h1,6H. The van der Waals surface area contributed by atoms with Crippen LogP contribution in [0.2, 0.25) is 0 Å². The van der Waals surface area contributed by atoms with E-state index in [9.17, 15) is 23.7 Å². The lowest BCUT2D eigenvalue weighted by atomic mass is 10.2. The summed E-state index contributed by atoms with van der Waals surface area (Å²) in [6, 6.07) is 0.648. The Morgan fingerprint density at radius 3 is 2.56 bits per heavy atom. The van der Waals surface area contributed by atoms with Crippen LogP contribution in [0.15, 0.2) is 10.7 Å². The Hall–Kier alpha value is -1.15. The highest BCUT2D eigenvalue weighted by molar-refractivity contribution is 9.10. The predicted octanol–water partition coefficient (Wildman–Crippen LogP) is 3.07. The van der Waals surface area contributed by atoms with Crippen molar-refractivity contribution in [2.45, 2.75) is 6.43 Å². The van der Waals surface area contributed by atoms with E-state index in [-0.39, 0.29) is 0 Å². The zero-order chi connectivity index (χ0) is 12.5. The van der Waals surface area contributed by atoms with Gasteiger partial charge < -0.3 is 10.1 Å². The number of nitrogens with zero attached hydrogens (tertiary/aromatic N) is 2.